The van der Waals surface area contributed by atoms with E-state index in [4.69, 9.17) is 13.9 Å². The number of methoxy groups -OCH3 is 1. The van der Waals surface area contributed by atoms with Crippen LogP contribution in [0.5, 0.6) is 0 Å². The second-order valence-electron chi connectivity index (χ2n) is 5.77. The zero-order valence-corrected chi connectivity index (χ0v) is 14.4. The van der Waals surface area contributed by atoms with Gasteiger partial charge in [0.1, 0.15) is 0 Å². The van der Waals surface area contributed by atoms with Crippen molar-refractivity contribution in [3.05, 3.63) is 35.0 Å². The molecule has 7 nitrogen and oxygen atoms in total. The van der Waals surface area contributed by atoms with Crippen LogP contribution in [0.15, 0.2) is 22.6 Å². The first-order chi connectivity index (χ1) is 11.7. The van der Waals surface area contributed by atoms with Crippen molar-refractivity contribution >= 4 is 27.2 Å². The highest BCUT2D eigenvalue weighted by atomic mass is 32.1. The Hall–Kier alpha value is -2.03. The molecule has 0 spiro atoms. The topological polar surface area (TPSA) is 82.3 Å². The summed E-state index contributed by atoms with van der Waals surface area (Å²) >= 11 is 1.69. The molecule has 1 saturated heterocycles. The Labute approximate surface area is 143 Å². The first-order valence-electron chi connectivity index (χ1n) is 7.75. The normalized spacial score (nSPS) is 20.8. The van der Waals surface area contributed by atoms with Gasteiger partial charge in [-0.3, -0.25) is 0 Å². The second-order valence-corrected chi connectivity index (χ2v) is 7.01. The lowest BCUT2D eigenvalue weighted by Crippen LogP contribution is -2.29. The van der Waals surface area contributed by atoms with E-state index in [9.17, 15) is 0 Å². The minimum absolute atomic E-state index is 0.443. The number of hydrogen-bond donors (Lipinski definition) is 1. The fraction of sp³-hybridized carbons (Fsp3) is 0.438. The number of fused-ring (bicyclic) bond motifs is 1. The van der Waals surface area contributed by atoms with Crippen molar-refractivity contribution in [3.8, 4) is 0 Å². The molecule has 126 valence electrons. The number of aromatic nitrogens is 3. The molecule has 1 unspecified atom stereocenters. The van der Waals surface area contributed by atoms with Crippen molar-refractivity contribution in [2.45, 2.75) is 25.5 Å². The lowest BCUT2D eigenvalue weighted by atomic mass is 10.0. The van der Waals surface area contributed by atoms with E-state index in [0.29, 0.717) is 31.5 Å². The molecular weight excluding hydrogens is 328 g/mol. The standard InChI is InChI=1S/C16H18N4O3S/c1-10-18-12-7-11(3-4-13(12)24-10)17-8-14-19-20-15(23-14)16(21-2)5-6-22-9-16/h3-4,7,17H,5-6,8-9H2,1-2H3. The molecule has 1 atom stereocenters. The number of benzene rings is 1. The van der Waals surface area contributed by atoms with E-state index in [1.807, 2.05) is 19.1 Å². The maximum Gasteiger partial charge on any atom is 0.250 e. The summed E-state index contributed by atoms with van der Waals surface area (Å²) in [5, 5.41) is 12.6. The number of thiazole rings is 1. The average Bonchev–Trinajstić information content (AvgIpc) is 3.31. The molecule has 0 radical (unpaired) electrons. The van der Waals surface area contributed by atoms with Crippen molar-refractivity contribution in [1.82, 2.24) is 15.2 Å². The second kappa shape index (κ2) is 6.12. The van der Waals surface area contributed by atoms with Crippen molar-refractivity contribution in [3.63, 3.8) is 0 Å². The number of nitrogens with zero attached hydrogens (tertiary/aromatic N) is 3. The van der Waals surface area contributed by atoms with Crippen LogP contribution in [-0.4, -0.2) is 35.5 Å². The van der Waals surface area contributed by atoms with Crippen LogP contribution in [0.4, 0.5) is 5.69 Å². The highest BCUT2D eigenvalue weighted by Crippen LogP contribution is 2.33. The van der Waals surface area contributed by atoms with Crippen molar-refractivity contribution in [2.75, 3.05) is 25.6 Å². The third-order valence-electron chi connectivity index (χ3n) is 4.17. The molecule has 3 heterocycles. The lowest BCUT2D eigenvalue weighted by molar-refractivity contribution is -0.0416. The van der Waals surface area contributed by atoms with Crippen LogP contribution in [0.1, 0.15) is 23.2 Å². The monoisotopic (exact) mass is 346 g/mol. The quantitative estimate of drug-likeness (QED) is 0.760. The maximum atomic E-state index is 5.77. The van der Waals surface area contributed by atoms with E-state index < -0.39 is 5.60 Å². The Kier molecular flexibility index (Phi) is 3.95. The van der Waals surface area contributed by atoms with Crippen LogP contribution in [0, 0.1) is 6.92 Å². The Balaban J connectivity index is 1.47. The predicted octanol–water partition coefficient (Wildman–Crippen LogP) is 2.86. The van der Waals surface area contributed by atoms with Gasteiger partial charge in [-0.05, 0) is 25.1 Å². The van der Waals surface area contributed by atoms with E-state index in [-0.39, 0.29) is 0 Å². The van der Waals surface area contributed by atoms with E-state index in [1.54, 1.807) is 18.4 Å². The van der Waals surface area contributed by atoms with Crippen molar-refractivity contribution in [2.24, 2.45) is 0 Å². The first kappa shape index (κ1) is 15.5. The van der Waals surface area contributed by atoms with Crippen LogP contribution in [-0.2, 0) is 21.6 Å². The largest absolute Gasteiger partial charge is 0.420 e. The first-order valence-corrected chi connectivity index (χ1v) is 8.57. The van der Waals surface area contributed by atoms with Gasteiger partial charge < -0.3 is 19.2 Å². The van der Waals surface area contributed by atoms with Crippen LogP contribution in [0.2, 0.25) is 0 Å². The van der Waals surface area contributed by atoms with Gasteiger partial charge >= 0.3 is 0 Å². The third kappa shape index (κ3) is 2.77. The van der Waals surface area contributed by atoms with Gasteiger partial charge in [0.05, 0.1) is 35.0 Å². The maximum absolute atomic E-state index is 5.77. The minimum atomic E-state index is -0.609. The lowest BCUT2D eigenvalue weighted by Gasteiger charge is -2.20. The highest BCUT2D eigenvalue weighted by molar-refractivity contribution is 7.18. The van der Waals surface area contributed by atoms with Crippen LogP contribution >= 0.6 is 11.3 Å². The highest BCUT2D eigenvalue weighted by Gasteiger charge is 2.42. The van der Waals surface area contributed by atoms with Crippen LogP contribution in [0.25, 0.3) is 10.2 Å². The van der Waals surface area contributed by atoms with Gasteiger partial charge in [-0.2, -0.15) is 0 Å². The van der Waals surface area contributed by atoms with Gasteiger partial charge in [0, 0.05) is 19.2 Å². The summed E-state index contributed by atoms with van der Waals surface area (Å²) < 4.78 is 17.9. The van der Waals surface area contributed by atoms with E-state index in [1.165, 1.54) is 4.70 Å². The molecule has 8 heteroatoms. The number of anilines is 1. The Morgan fingerprint density at radius 1 is 1.38 bits per heavy atom. The van der Waals surface area contributed by atoms with Gasteiger partial charge in [-0.1, -0.05) is 0 Å². The van der Waals surface area contributed by atoms with E-state index in [0.717, 1.165) is 22.6 Å². The Bertz CT molecular complexity index is 854. The van der Waals surface area contributed by atoms with Crippen molar-refractivity contribution in [1.29, 1.82) is 0 Å². The Morgan fingerprint density at radius 3 is 3.08 bits per heavy atom. The molecule has 1 fully saturated rings. The molecule has 0 aliphatic carbocycles. The van der Waals surface area contributed by atoms with Crippen LogP contribution in [0.3, 0.4) is 0 Å². The summed E-state index contributed by atoms with van der Waals surface area (Å²) in [5.74, 6) is 0.993. The number of nitrogens with one attached hydrogen (secondary N) is 1. The molecule has 0 bridgehead atoms. The fourth-order valence-corrected chi connectivity index (χ4v) is 3.61. The summed E-state index contributed by atoms with van der Waals surface area (Å²) in [6.45, 7) is 3.54. The van der Waals surface area contributed by atoms with Gasteiger partial charge in [0.15, 0.2) is 5.60 Å². The average molecular weight is 346 g/mol. The molecule has 1 aliphatic heterocycles. The molecule has 1 N–H and O–H groups in total. The van der Waals surface area contributed by atoms with Crippen LogP contribution < -0.4 is 5.32 Å². The molecule has 1 aliphatic rings. The fourth-order valence-electron chi connectivity index (χ4n) is 2.80. The summed E-state index contributed by atoms with van der Waals surface area (Å²) in [6.07, 6.45) is 0.721. The molecule has 3 aromatic rings. The zero-order valence-electron chi connectivity index (χ0n) is 13.5. The molecule has 0 amide bonds. The van der Waals surface area contributed by atoms with Gasteiger partial charge in [0.25, 0.3) is 5.89 Å². The summed E-state index contributed by atoms with van der Waals surface area (Å²) in [7, 11) is 1.64. The molecule has 4 rings (SSSR count). The molecular formula is C16H18N4O3S. The minimum Gasteiger partial charge on any atom is -0.420 e. The number of hydrogen-bond acceptors (Lipinski definition) is 8. The third-order valence-corrected chi connectivity index (χ3v) is 5.12. The van der Waals surface area contributed by atoms with Gasteiger partial charge in [0.2, 0.25) is 5.89 Å². The number of ether oxygens (including phenoxy) is 2. The number of rotatable bonds is 5. The van der Waals surface area contributed by atoms with Crippen molar-refractivity contribution < 1.29 is 13.9 Å². The number of aryl methyl sites for hydroxylation is 1. The smallest absolute Gasteiger partial charge is 0.250 e. The predicted molar refractivity (Wildman–Crippen MR) is 90.1 cm³/mol. The van der Waals surface area contributed by atoms with E-state index in [2.05, 4.69) is 26.6 Å². The molecule has 24 heavy (non-hydrogen) atoms. The zero-order chi connectivity index (χ0) is 16.6. The van der Waals surface area contributed by atoms with Gasteiger partial charge in [-0.15, -0.1) is 21.5 Å². The Morgan fingerprint density at radius 2 is 2.29 bits per heavy atom. The molecule has 0 saturated carbocycles. The SMILES string of the molecule is COC1(c2nnc(CNc3ccc4sc(C)nc4c3)o2)CCOC1. The summed E-state index contributed by atoms with van der Waals surface area (Å²) in [6, 6.07) is 6.12. The summed E-state index contributed by atoms with van der Waals surface area (Å²) in [4.78, 5) is 4.50. The van der Waals surface area contributed by atoms with Gasteiger partial charge in [-0.25, -0.2) is 4.98 Å². The molecule has 2 aromatic heterocycles. The summed E-state index contributed by atoms with van der Waals surface area (Å²) in [5.41, 5.74) is 1.36. The van der Waals surface area contributed by atoms with E-state index >= 15 is 0 Å². The molecule has 1 aromatic carbocycles.